The van der Waals surface area contributed by atoms with Crippen LogP contribution >= 0.6 is 0 Å². The van der Waals surface area contributed by atoms with Crippen LogP contribution in [0.1, 0.15) is 11.7 Å². The van der Waals surface area contributed by atoms with E-state index in [1.807, 2.05) is 0 Å². The lowest BCUT2D eigenvalue weighted by molar-refractivity contribution is -0.150. The van der Waals surface area contributed by atoms with Gasteiger partial charge in [0.15, 0.2) is 27.4 Å². The molecule has 0 spiro atoms. The Morgan fingerprint density at radius 1 is 1.29 bits per heavy atom. The minimum Gasteiger partial charge on any atom is -0.493 e. The maximum absolute atomic E-state index is 11.3. The maximum atomic E-state index is 11.3. The van der Waals surface area contributed by atoms with Crippen LogP contribution in [-0.2, 0) is 19.4 Å². The largest absolute Gasteiger partial charge is 0.493 e. The Bertz CT molecular complexity index is 626. The zero-order valence-corrected chi connectivity index (χ0v) is 12.4. The maximum Gasteiger partial charge on any atom is 0.339 e. The molecule has 0 aromatic heterocycles. The normalized spacial score (nSPS) is 18.4. The van der Waals surface area contributed by atoms with Crippen molar-refractivity contribution in [3.05, 3.63) is 23.8 Å². The number of rotatable bonds is 5. The SMILES string of the molecule is COC(=O)C(O)c1ccc(OC)c(OC2CS(=O)(=O)C2)c1. The number of esters is 1. The molecule has 1 aliphatic rings. The van der Waals surface area contributed by atoms with E-state index in [1.165, 1.54) is 32.4 Å². The second-order valence-corrected chi connectivity index (χ2v) is 6.81. The van der Waals surface area contributed by atoms with E-state index in [-0.39, 0.29) is 22.8 Å². The van der Waals surface area contributed by atoms with Crippen molar-refractivity contribution in [2.75, 3.05) is 25.7 Å². The molecule has 0 bridgehead atoms. The Morgan fingerprint density at radius 2 is 1.95 bits per heavy atom. The van der Waals surface area contributed by atoms with E-state index in [9.17, 15) is 18.3 Å². The predicted octanol–water partition coefficient (Wildman–Crippen LogP) is 0.0774. The second kappa shape index (κ2) is 5.90. The predicted molar refractivity (Wildman–Crippen MR) is 73.0 cm³/mol. The van der Waals surface area contributed by atoms with E-state index in [0.29, 0.717) is 5.75 Å². The molecule has 1 atom stereocenters. The molecule has 1 fully saturated rings. The number of ether oxygens (including phenoxy) is 3. The number of carbonyl (C=O) groups excluding carboxylic acids is 1. The van der Waals surface area contributed by atoms with Gasteiger partial charge in [0.05, 0.1) is 25.7 Å². The summed E-state index contributed by atoms with van der Waals surface area (Å²) in [6.07, 6.45) is -1.89. The summed E-state index contributed by atoms with van der Waals surface area (Å²) >= 11 is 0. The molecule has 2 rings (SSSR count). The highest BCUT2D eigenvalue weighted by Crippen LogP contribution is 2.33. The van der Waals surface area contributed by atoms with Gasteiger partial charge >= 0.3 is 5.97 Å². The molecule has 0 aliphatic carbocycles. The molecule has 21 heavy (non-hydrogen) atoms. The summed E-state index contributed by atoms with van der Waals surface area (Å²) in [5.41, 5.74) is 0.278. The molecule has 8 heteroatoms. The highest BCUT2D eigenvalue weighted by Gasteiger charge is 2.36. The summed E-state index contributed by atoms with van der Waals surface area (Å²) in [4.78, 5) is 11.3. The van der Waals surface area contributed by atoms with Gasteiger partial charge in [0.1, 0.15) is 6.10 Å². The van der Waals surface area contributed by atoms with Crippen molar-refractivity contribution in [2.24, 2.45) is 0 Å². The Labute approximate surface area is 122 Å². The molecule has 0 radical (unpaired) electrons. The second-order valence-electron chi connectivity index (χ2n) is 4.65. The molecule has 1 aliphatic heterocycles. The average Bonchev–Trinajstić information content (AvgIpc) is 2.43. The first kappa shape index (κ1) is 15.6. The van der Waals surface area contributed by atoms with Gasteiger partial charge in [-0.05, 0) is 17.7 Å². The monoisotopic (exact) mass is 316 g/mol. The zero-order valence-electron chi connectivity index (χ0n) is 11.6. The van der Waals surface area contributed by atoms with Crippen LogP contribution in [0.5, 0.6) is 11.5 Å². The molecule has 1 unspecified atom stereocenters. The molecule has 116 valence electrons. The number of aliphatic hydroxyl groups is 1. The fourth-order valence-electron chi connectivity index (χ4n) is 1.97. The fraction of sp³-hybridized carbons (Fsp3) is 0.462. The lowest BCUT2D eigenvalue weighted by atomic mass is 10.1. The quantitative estimate of drug-likeness (QED) is 0.768. The Morgan fingerprint density at radius 3 is 2.48 bits per heavy atom. The molecule has 0 saturated carbocycles. The number of hydrogen-bond acceptors (Lipinski definition) is 7. The number of methoxy groups -OCH3 is 2. The highest BCUT2D eigenvalue weighted by atomic mass is 32.2. The van der Waals surface area contributed by atoms with Gasteiger partial charge in [-0.2, -0.15) is 0 Å². The van der Waals surface area contributed by atoms with Crippen molar-refractivity contribution >= 4 is 15.8 Å². The van der Waals surface area contributed by atoms with E-state index in [2.05, 4.69) is 4.74 Å². The standard InChI is InChI=1S/C13H16O7S/c1-18-10-4-3-8(12(14)13(15)19-2)5-11(10)20-9-6-21(16,17)7-9/h3-5,9,12,14H,6-7H2,1-2H3. The fourth-order valence-corrected chi connectivity index (χ4v) is 3.14. The van der Waals surface area contributed by atoms with Gasteiger partial charge in [0, 0.05) is 0 Å². The summed E-state index contributed by atoms with van der Waals surface area (Å²) in [5.74, 6) is -0.241. The van der Waals surface area contributed by atoms with Crippen molar-refractivity contribution in [3.8, 4) is 11.5 Å². The molecule has 7 nitrogen and oxygen atoms in total. The first-order valence-corrected chi connectivity index (χ1v) is 7.99. The third-order valence-electron chi connectivity index (χ3n) is 3.10. The minimum absolute atomic E-state index is 0.0556. The van der Waals surface area contributed by atoms with Crippen LogP contribution in [0.3, 0.4) is 0 Å². The minimum atomic E-state index is -3.00. The van der Waals surface area contributed by atoms with Crippen molar-refractivity contribution in [3.63, 3.8) is 0 Å². The van der Waals surface area contributed by atoms with Crippen LogP contribution in [0.15, 0.2) is 18.2 Å². The van der Waals surface area contributed by atoms with Crippen LogP contribution in [0.25, 0.3) is 0 Å². The van der Waals surface area contributed by atoms with Crippen LogP contribution < -0.4 is 9.47 Å². The van der Waals surface area contributed by atoms with Gasteiger partial charge in [-0.15, -0.1) is 0 Å². The zero-order chi connectivity index (χ0) is 15.6. The Balaban J connectivity index is 2.20. The Kier molecular flexibility index (Phi) is 4.38. The van der Waals surface area contributed by atoms with Crippen molar-refractivity contribution < 1.29 is 32.5 Å². The number of aliphatic hydroxyl groups excluding tert-OH is 1. The summed E-state index contributed by atoms with van der Waals surface area (Å²) in [6.45, 7) is 0. The molecule has 1 saturated heterocycles. The van der Waals surface area contributed by atoms with Gasteiger partial charge in [0.2, 0.25) is 0 Å². The van der Waals surface area contributed by atoms with Crippen molar-refractivity contribution in [2.45, 2.75) is 12.2 Å². The van der Waals surface area contributed by atoms with E-state index >= 15 is 0 Å². The third-order valence-corrected chi connectivity index (χ3v) is 4.86. The summed E-state index contributed by atoms with van der Waals surface area (Å²) in [6, 6.07) is 4.47. The summed E-state index contributed by atoms with van der Waals surface area (Å²) in [7, 11) is -0.391. The molecule has 1 aromatic carbocycles. The van der Waals surface area contributed by atoms with Gasteiger partial charge in [0.25, 0.3) is 0 Å². The lowest BCUT2D eigenvalue weighted by Gasteiger charge is -2.27. The number of sulfone groups is 1. The lowest BCUT2D eigenvalue weighted by Crippen LogP contribution is -2.45. The van der Waals surface area contributed by atoms with E-state index in [4.69, 9.17) is 9.47 Å². The van der Waals surface area contributed by atoms with Gasteiger partial charge in [-0.3, -0.25) is 0 Å². The van der Waals surface area contributed by atoms with E-state index in [0.717, 1.165) is 0 Å². The van der Waals surface area contributed by atoms with Crippen LogP contribution in [-0.4, -0.2) is 51.3 Å². The molecule has 0 amide bonds. The first-order valence-electron chi connectivity index (χ1n) is 6.17. The first-order chi connectivity index (χ1) is 9.86. The van der Waals surface area contributed by atoms with Gasteiger partial charge in [-0.25, -0.2) is 13.2 Å². The highest BCUT2D eigenvalue weighted by molar-refractivity contribution is 7.92. The Hall–Kier alpha value is -1.80. The molecular weight excluding hydrogens is 300 g/mol. The van der Waals surface area contributed by atoms with Gasteiger partial charge in [-0.1, -0.05) is 6.07 Å². The van der Waals surface area contributed by atoms with E-state index in [1.54, 1.807) is 0 Å². The van der Waals surface area contributed by atoms with Crippen molar-refractivity contribution in [1.29, 1.82) is 0 Å². The average molecular weight is 316 g/mol. The van der Waals surface area contributed by atoms with Gasteiger partial charge < -0.3 is 19.3 Å². The van der Waals surface area contributed by atoms with E-state index < -0.39 is 28.0 Å². The summed E-state index contributed by atoms with van der Waals surface area (Å²) in [5, 5.41) is 9.80. The molecule has 1 N–H and O–H groups in total. The molecule has 1 heterocycles. The van der Waals surface area contributed by atoms with Crippen LogP contribution in [0.4, 0.5) is 0 Å². The van der Waals surface area contributed by atoms with Crippen molar-refractivity contribution in [1.82, 2.24) is 0 Å². The summed E-state index contributed by atoms with van der Waals surface area (Å²) < 4.78 is 37.4. The molecule has 1 aromatic rings. The number of hydrogen-bond donors (Lipinski definition) is 1. The number of carbonyl (C=O) groups is 1. The molecular formula is C13H16O7S. The smallest absolute Gasteiger partial charge is 0.339 e. The number of benzene rings is 1. The third kappa shape index (κ3) is 3.45. The topological polar surface area (TPSA) is 99.1 Å². The van der Waals surface area contributed by atoms with Crippen LogP contribution in [0.2, 0.25) is 0 Å². The van der Waals surface area contributed by atoms with Crippen LogP contribution in [0, 0.1) is 0 Å².